The second-order valence-electron chi connectivity index (χ2n) is 12.6. The van der Waals surface area contributed by atoms with Gasteiger partial charge in [0.2, 0.25) is 0 Å². The summed E-state index contributed by atoms with van der Waals surface area (Å²) in [7, 11) is 1.33. The van der Waals surface area contributed by atoms with Gasteiger partial charge in [0.15, 0.2) is 14.1 Å². The van der Waals surface area contributed by atoms with Gasteiger partial charge in [-0.2, -0.15) is 0 Å². The summed E-state index contributed by atoms with van der Waals surface area (Å²) in [5, 5.41) is 0. The normalized spacial score (nSPS) is 27.6. The molecule has 40 heavy (non-hydrogen) atoms. The fraction of sp³-hybridized carbons (Fsp3) is 0.781. The van der Waals surface area contributed by atoms with Crippen LogP contribution in [0.1, 0.15) is 92.6 Å². The third-order valence-corrected chi connectivity index (χ3v) is 15.0. The first-order valence-corrected chi connectivity index (χ1v) is 17.4. The molecule has 3 rings (SSSR count). The van der Waals surface area contributed by atoms with Crippen LogP contribution in [0.4, 0.5) is 0 Å². The highest BCUT2D eigenvalue weighted by molar-refractivity contribution is 6.77. The lowest BCUT2D eigenvalue weighted by Gasteiger charge is -2.50. The van der Waals surface area contributed by atoms with Gasteiger partial charge < -0.3 is 28.1 Å². The molecule has 0 bridgehead atoms. The van der Waals surface area contributed by atoms with Crippen LogP contribution in [0.3, 0.4) is 0 Å². The molecule has 228 valence electrons. The molecule has 1 aromatic rings. The number of carbonyl (C=O) groups is 1. The lowest BCUT2D eigenvalue weighted by atomic mass is 9.88. The molecule has 5 atom stereocenters. The topological polar surface area (TPSA) is 72.5 Å². The quantitative estimate of drug-likeness (QED) is 0.216. The lowest BCUT2D eigenvalue weighted by molar-refractivity contribution is -0.344. The summed E-state index contributed by atoms with van der Waals surface area (Å²) in [6.07, 6.45) is 2.99. The minimum Gasteiger partial charge on any atom is -0.497 e. The van der Waals surface area contributed by atoms with Crippen LogP contribution >= 0.6 is 0 Å². The van der Waals surface area contributed by atoms with E-state index >= 15 is 0 Å². The minimum absolute atomic E-state index is 0.0410. The van der Waals surface area contributed by atoms with Crippen LogP contribution in [-0.2, 0) is 34.8 Å². The molecule has 0 saturated carbocycles. The van der Waals surface area contributed by atoms with E-state index in [1.165, 1.54) is 0 Å². The standard InChI is InChI=1S/C32H54O7Si/c1-10-26(33)15-28-16-29(35-9)18-32(38-28)19-30(36-20-25-11-13-27(34-8)14-12-25)17-31(39-32)21-37-40(22(2)3,23(4)5)24(6)7/h11-14,22-24,28-31H,10,15-21H2,1-9H3/t28-,29+,30+,31+,32-/m1/s1. The van der Waals surface area contributed by atoms with Gasteiger partial charge in [0.25, 0.3) is 0 Å². The Morgan fingerprint density at radius 3 is 2.05 bits per heavy atom. The molecular weight excluding hydrogens is 524 g/mol. The summed E-state index contributed by atoms with van der Waals surface area (Å²) in [6, 6.07) is 7.98. The number of Topliss-reactive ketones (excluding diaryl/α,β-unsaturated/α-hetero) is 1. The van der Waals surface area contributed by atoms with E-state index in [0.717, 1.165) is 17.7 Å². The van der Waals surface area contributed by atoms with Crippen molar-refractivity contribution in [3.8, 4) is 5.75 Å². The Balaban J connectivity index is 1.83. The van der Waals surface area contributed by atoms with Crippen molar-refractivity contribution < 1.29 is 32.9 Å². The molecule has 2 saturated heterocycles. The molecule has 0 aliphatic carbocycles. The number of benzene rings is 1. The van der Waals surface area contributed by atoms with Crippen LogP contribution in [0.5, 0.6) is 5.75 Å². The van der Waals surface area contributed by atoms with Crippen LogP contribution < -0.4 is 4.74 Å². The average molecular weight is 579 g/mol. The Morgan fingerprint density at radius 2 is 1.50 bits per heavy atom. The van der Waals surface area contributed by atoms with E-state index < -0.39 is 14.1 Å². The van der Waals surface area contributed by atoms with Gasteiger partial charge in [-0.05, 0) is 34.3 Å². The van der Waals surface area contributed by atoms with Crippen molar-refractivity contribution >= 4 is 14.1 Å². The van der Waals surface area contributed by atoms with Crippen LogP contribution in [0.2, 0.25) is 16.6 Å². The van der Waals surface area contributed by atoms with Gasteiger partial charge in [-0.15, -0.1) is 0 Å². The van der Waals surface area contributed by atoms with E-state index in [9.17, 15) is 4.79 Å². The van der Waals surface area contributed by atoms with Crippen LogP contribution in [0.15, 0.2) is 24.3 Å². The van der Waals surface area contributed by atoms with Crippen LogP contribution in [-0.4, -0.2) is 65.1 Å². The maximum absolute atomic E-state index is 12.4. The monoisotopic (exact) mass is 578 g/mol. The zero-order valence-corrected chi connectivity index (χ0v) is 27.4. The third kappa shape index (κ3) is 8.17. The molecule has 2 aliphatic rings. The molecule has 1 aromatic carbocycles. The lowest BCUT2D eigenvalue weighted by Crippen LogP contribution is -2.57. The molecule has 0 N–H and O–H groups in total. The van der Waals surface area contributed by atoms with Gasteiger partial charge in [-0.25, -0.2) is 0 Å². The first kappa shape index (κ1) is 33.2. The molecule has 8 heteroatoms. The van der Waals surface area contributed by atoms with E-state index in [2.05, 4.69) is 41.5 Å². The largest absolute Gasteiger partial charge is 0.497 e. The highest BCUT2D eigenvalue weighted by Crippen LogP contribution is 2.45. The maximum Gasteiger partial charge on any atom is 0.200 e. The maximum atomic E-state index is 12.4. The van der Waals surface area contributed by atoms with Crippen molar-refractivity contribution in [1.29, 1.82) is 0 Å². The number of hydrogen-bond acceptors (Lipinski definition) is 7. The number of ketones is 1. The molecule has 1 spiro atoms. The Bertz CT molecular complexity index is 897. The van der Waals surface area contributed by atoms with E-state index in [1.807, 2.05) is 31.2 Å². The highest BCUT2D eigenvalue weighted by Gasteiger charge is 2.51. The van der Waals surface area contributed by atoms with Gasteiger partial charge in [0, 0.05) is 45.6 Å². The first-order valence-electron chi connectivity index (χ1n) is 15.2. The van der Waals surface area contributed by atoms with Gasteiger partial charge >= 0.3 is 0 Å². The molecule has 2 aliphatic heterocycles. The molecule has 0 radical (unpaired) electrons. The molecule has 2 fully saturated rings. The summed E-state index contributed by atoms with van der Waals surface area (Å²) in [6.45, 7) is 16.7. The fourth-order valence-electron chi connectivity index (χ4n) is 7.06. The number of methoxy groups -OCH3 is 2. The summed E-state index contributed by atoms with van der Waals surface area (Å²) < 4.78 is 38.2. The minimum atomic E-state index is -2.08. The summed E-state index contributed by atoms with van der Waals surface area (Å²) in [5.41, 5.74) is 2.55. The summed E-state index contributed by atoms with van der Waals surface area (Å²) in [5.74, 6) is 0.154. The van der Waals surface area contributed by atoms with E-state index in [-0.39, 0.29) is 30.2 Å². The van der Waals surface area contributed by atoms with Gasteiger partial charge in [-0.1, -0.05) is 60.6 Å². The number of ether oxygens (including phenoxy) is 5. The summed E-state index contributed by atoms with van der Waals surface area (Å²) in [4.78, 5) is 12.4. The third-order valence-electron chi connectivity index (χ3n) is 8.95. The molecule has 0 amide bonds. The highest BCUT2D eigenvalue weighted by atomic mass is 28.4. The smallest absolute Gasteiger partial charge is 0.200 e. The van der Waals surface area contributed by atoms with E-state index in [4.69, 9.17) is 28.1 Å². The van der Waals surface area contributed by atoms with Crippen molar-refractivity contribution in [2.45, 2.75) is 140 Å². The van der Waals surface area contributed by atoms with Gasteiger partial charge in [0.1, 0.15) is 11.5 Å². The van der Waals surface area contributed by atoms with Crippen LogP contribution in [0.25, 0.3) is 0 Å². The van der Waals surface area contributed by atoms with Crippen molar-refractivity contribution in [3.63, 3.8) is 0 Å². The predicted octanol–water partition coefficient (Wildman–Crippen LogP) is 7.21. The van der Waals surface area contributed by atoms with Crippen molar-refractivity contribution in [2.75, 3.05) is 20.8 Å². The summed E-state index contributed by atoms with van der Waals surface area (Å²) >= 11 is 0. The van der Waals surface area contributed by atoms with Gasteiger partial charge in [0.05, 0.1) is 44.7 Å². The van der Waals surface area contributed by atoms with Crippen molar-refractivity contribution in [2.24, 2.45) is 0 Å². The van der Waals surface area contributed by atoms with E-state index in [1.54, 1.807) is 14.2 Å². The van der Waals surface area contributed by atoms with Gasteiger partial charge in [-0.3, -0.25) is 4.79 Å². The number of carbonyl (C=O) groups excluding carboxylic acids is 1. The molecule has 0 unspecified atom stereocenters. The Hall–Kier alpha value is -1.29. The molecule has 0 aromatic heterocycles. The molecule has 2 heterocycles. The fourth-order valence-corrected chi connectivity index (χ4v) is 12.5. The Kier molecular flexibility index (Phi) is 12.2. The van der Waals surface area contributed by atoms with Crippen molar-refractivity contribution in [1.82, 2.24) is 0 Å². The molecular formula is C32H54O7Si. The Morgan fingerprint density at radius 1 is 0.925 bits per heavy atom. The zero-order chi connectivity index (χ0) is 29.5. The second-order valence-corrected chi connectivity index (χ2v) is 18.1. The predicted molar refractivity (Wildman–Crippen MR) is 160 cm³/mol. The number of rotatable bonds is 14. The first-order chi connectivity index (χ1) is 19.0. The SMILES string of the molecule is CCC(=O)C[C@@H]1C[C@H](OC)C[C@@]2(C[C@@H](OCc3ccc(OC)cc3)C[C@@H](CO[Si](C(C)C)(C(C)C)C(C)C)O2)O1. The van der Waals surface area contributed by atoms with E-state index in [0.29, 0.717) is 61.9 Å². The zero-order valence-electron chi connectivity index (χ0n) is 26.4. The molecule has 7 nitrogen and oxygen atoms in total. The van der Waals surface area contributed by atoms with Crippen molar-refractivity contribution in [3.05, 3.63) is 29.8 Å². The number of hydrogen-bond donors (Lipinski definition) is 0. The Labute approximate surface area is 243 Å². The van der Waals surface area contributed by atoms with Crippen LogP contribution in [0, 0.1) is 0 Å². The second kappa shape index (κ2) is 14.7. The average Bonchev–Trinajstić information content (AvgIpc) is 2.91.